The third-order valence-corrected chi connectivity index (χ3v) is 15.3. The van der Waals surface area contributed by atoms with Crippen molar-refractivity contribution in [2.45, 2.75) is 205 Å². The fraction of sp³-hybridized carbons (Fsp3) is 0.804. The van der Waals surface area contributed by atoms with E-state index in [1.807, 2.05) is 56.7 Å². The zero-order chi connectivity index (χ0) is 52.0. The molecule has 0 unspecified atom stereocenters. The third kappa shape index (κ3) is 13.9. The van der Waals surface area contributed by atoms with E-state index in [0.29, 0.717) is 50.4 Å². The number of aromatic amines is 1. The predicted octanol–water partition coefficient (Wildman–Crippen LogP) is 2.81. The molecule has 19 nitrogen and oxygen atoms in total. The number of carbonyl (C=O) groups is 2. The molecule has 3 aliphatic rings. The summed E-state index contributed by atoms with van der Waals surface area (Å²) in [5.74, 6) is -2.21. The first kappa shape index (κ1) is 57.7. The Morgan fingerprint density at radius 1 is 1.03 bits per heavy atom. The van der Waals surface area contributed by atoms with E-state index in [4.69, 9.17) is 33.2 Å². The molecule has 2 aromatic rings. The predicted molar refractivity (Wildman–Crippen MR) is 258 cm³/mol. The quantitative estimate of drug-likeness (QED) is 0.0855. The van der Waals surface area contributed by atoms with Crippen LogP contribution in [0.1, 0.15) is 118 Å². The molecule has 3 aliphatic heterocycles. The van der Waals surface area contributed by atoms with Crippen molar-refractivity contribution in [1.29, 1.82) is 0 Å². The molecule has 0 bridgehead atoms. The van der Waals surface area contributed by atoms with Crippen LogP contribution in [-0.4, -0.2) is 189 Å². The lowest BCUT2D eigenvalue weighted by Crippen LogP contribution is -2.61. The number of aliphatic hydroxyl groups excluding tert-OH is 3. The molecule has 1 aromatic carbocycles. The van der Waals surface area contributed by atoms with Crippen LogP contribution in [0.25, 0.3) is 0 Å². The highest BCUT2D eigenvalue weighted by atomic mass is 16.7. The summed E-state index contributed by atoms with van der Waals surface area (Å²) in [6, 6.07) is 6.08. The van der Waals surface area contributed by atoms with Crippen molar-refractivity contribution in [1.82, 2.24) is 20.1 Å². The average Bonchev–Trinajstić information content (AvgIpc) is 3.76. The van der Waals surface area contributed by atoms with Gasteiger partial charge in [0.2, 0.25) is 5.69 Å². The Balaban J connectivity index is 1.40. The standard InChI is InChI=1S/C51H85N5O14/c1-15-40-51(11,63)44(59)33(6)55(13)27-29(2)25-49(9,62)46(31(4)43(32(5)47(61)68-40)69-41-26-50(10,64-14)45(60)35(8)67-41)70-48-42(58)39(23-30(3)66-48)54(12)20-19-37-28-56(53-52-37)21-22-65-38-18-16-17-36(24-38)34(7)57/h16-18,24,28-33,35,39-46,48,58-60,62-63H,15,19-23,25-27H2,1-14H3/p+1/t29-,30-,31+,32-,33-,35+,39+,40-,41+,42-,43+,44-,45+,46-,48+,49-,50-,51-/m1/s1. The van der Waals surface area contributed by atoms with Crippen molar-refractivity contribution in [3.05, 3.63) is 41.7 Å². The Bertz CT molecular complexity index is 1990. The number of aromatic nitrogens is 3. The minimum atomic E-state index is -1.84. The van der Waals surface area contributed by atoms with Crippen LogP contribution >= 0.6 is 0 Å². The summed E-state index contributed by atoms with van der Waals surface area (Å²) in [4.78, 5) is 30.2. The summed E-state index contributed by atoms with van der Waals surface area (Å²) in [6.07, 6.45) is -6.59. The number of hydrogen-bond donors (Lipinski definition) is 6. The average molecular weight is 993 g/mol. The summed E-state index contributed by atoms with van der Waals surface area (Å²) in [6.45, 7) is 20.9. The first-order valence-electron chi connectivity index (χ1n) is 25.2. The highest BCUT2D eigenvalue weighted by Crippen LogP contribution is 2.40. The number of rotatable bonds is 15. The molecule has 5 rings (SSSR count). The number of methoxy groups -OCH3 is 1. The normalized spacial score (nSPS) is 39.8. The second-order valence-electron chi connectivity index (χ2n) is 21.4. The van der Waals surface area contributed by atoms with Crippen molar-refractivity contribution in [3.63, 3.8) is 0 Å². The second-order valence-corrected chi connectivity index (χ2v) is 21.4. The highest BCUT2D eigenvalue weighted by Gasteiger charge is 2.53. The van der Waals surface area contributed by atoms with Crippen LogP contribution in [0.2, 0.25) is 0 Å². The number of nitrogens with one attached hydrogen (secondary N) is 1. The number of H-pyrrole nitrogens is 1. The Morgan fingerprint density at radius 2 is 1.73 bits per heavy atom. The third-order valence-electron chi connectivity index (χ3n) is 15.3. The van der Waals surface area contributed by atoms with Crippen LogP contribution in [0.15, 0.2) is 30.5 Å². The van der Waals surface area contributed by atoms with Crippen LogP contribution in [-0.2, 0) is 46.2 Å². The fourth-order valence-corrected chi connectivity index (χ4v) is 10.8. The number of likely N-dealkylation sites (N-methyl/N-ethyl adjacent to an activating group) is 2. The van der Waals surface area contributed by atoms with Crippen molar-refractivity contribution < 1.29 is 73.0 Å². The first-order valence-corrected chi connectivity index (χ1v) is 25.2. The highest BCUT2D eigenvalue weighted by molar-refractivity contribution is 5.94. The number of nitrogens with zero attached hydrogens (tertiary/aromatic N) is 4. The van der Waals surface area contributed by atoms with E-state index >= 15 is 0 Å². The van der Waals surface area contributed by atoms with Gasteiger partial charge in [-0.3, -0.25) is 9.59 Å². The number of ether oxygens (including phenoxy) is 7. The Morgan fingerprint density at radius 3 is 2.39 bits per heavy atom. The van der Waals surface area contributed by atoms with E-state index in [1.54, 1.807) is 59.7 Å². The Hall–Kier alpha value is -3.18. The number of aliphatic hydroxyl groups is 5. The van der Waals surface area contributed by atoms with Gasteiger partial charge in [0.25, 0.3) is 0 Å². The SMILES string of the molecule is CC[C@H]1OC(=O)[C@H](C)[C@@H](O[C@H]2C[C@@](C)(OC)[C@@H](O)[C@H](C)O2)[C@H](C)[C@@H](O[C@@H]2O[C@H](C)C[C@H](N(C)CCc3c[n+](CCOc4cccc(C(C)=O)c4)[nH]n3)[C@H]2O)[C@](C)(O)C[C@@H](C)CN(C)[C@H](C)[C@@H](O)[C@]1(C)O. The lowest BCUT2D eigenvalue weighted by atomic mass is 9.77. The zero-order valence-corrected chi connectivity index (χ0v) is 44.1. The maximum Gasteiger partial charge on any atom is 0.311 e. The molecule has 3 fully saturated rings. The van der Waals surface area contributed by atoms with Gasteiger partial charge in [-0.2, -0.15) is 4.68 Å². The summed E-state index contributed by atoms with van der Waals surface area (Å²) in [5, 5.41) is 67.1. The van der Waals surface area contributed by atoms with E-state index in [1.165, 1.54) is 21.0 Å². The number of carbonyl (C=O) groups excluding carboxylic acids is 2. The topological polar surface area (TPSA) is 239 Å². The molecule has 18 atom stereocenters. The largest absolute Gasteiger partial charge is 0.489 e. The molecular weight excluding hydrogens is 907 g/mol. The number of hydrogen-bond acceptors (Lipinski definition) is 17. The maximum absolute atomic E-state index is 14.5. The van der Waals surface area contributed by atoms with Crippen LogP contribution in [0.5, 0.6) is 5.75 Å². The summed E-state index contributed by atoms with van der Waals surface area (Å²) < 4.78 is 46.0. The van der Waals surface area contributed by atoms with E-state index in [-0.39, 0.29) is 37.1 Å². The molecule has 0 spiro atoms. The van der Waals surface area contributed by atoms with E-state index in [0.717, 1.165) is 5.69 Å². The van der Waals surface area contributed by atoms with Crippen LogP contribution in [0.4, 0.5) is 0 Å². The van der Waals surface area contributed by atoms with Gasteiger partial charge in [-0.05, 0) is 107 Å². The Kier molecular flexibility index (Phi) is 20.0. The zero-order valence-electron chi connectivity index (χ0n) is 44.1. The molecule has 0 saturated carbocycles. The molecule has 3 saturated heterocycles. The van der Waals surface area contributed by atoms with Gasteiger partial charge in [0.1, 0.15) is 48.9 Å². The first-order chi connectivity index (χ1) is 32.7. The second kappa shape index (κ2) is 24.2. The number of benzene rings is 1. The summed E-state index contributed by atoms with van der Waals surface area (Å²) in [5.41, 5.74) is -3.14. The maximum atomic E-state index is 14.5. The van der Waals surface area contributed by atoms with Gasteiger partial charge < -0.3 is 68.5 Å². The van der Waals surface area contributed by atoms with E-state index in [9.17, 15) is 35.1 Å². The van der Waals surface area contributed by atoms with Crippen LogP contribution < -0.4 is 9.42 Å². The van der Waals surface area contributed by atoms with Gasteiger partial charge in [0, 0.05) is 61.7 Å². The fourth-order valence-electron chi connectivity index (χ4n) is 10.8. The number of esters is 1. The van der Waals surface area contributed by atoms with Gasteiger partial charge in [-0.1, -0.05) is 38.1 Å². The molecule has 0 aliphatic carbocycles. The molecule has 398 valence electrons. The van der Waals surface area contributed by atoms with Crippen LogP contribution in [0.3, 0.4) is 0 Å². The van der Waals surface area contributed by atoms with Crippen molar-refractivity contribution >= 4 is 11.8 Å². The lowest BCUT2D eigenvalue weighted by molar-refractivity contribution is -0.754. The van der Waals surface area contributed by atoms with Crippen molar-refractivity contribution in [2.75, 3.05) is 40.9 Å². The summed E-state index contributed by atoms with van der Waals surface area (Å²) in [7, 11) is 5.27. The van der Waals surface area contributed by atoms with Crippen molar-refractivity contribution in [3.8, 4) is 5.75 Å². The van der Waals surface area contributed by atoms with Crippen LogP contribution in [0, 0.1) is 17.8 Å². The molecular formula is C51H86N5O14+. The smallest absolute Gasteiger partial charge is 0.311 e. The van der Waals surface area contributed by atoms with Gasteiger partial charge in [-0.15, -0.1) is 0 Å². The molecule has 6 N–H and O–H groups in total. The molecule has 19 heteroatoms. The Labute approximate surface area is 415 Å². The van der Waals surface area contributed by atoms with Gasteiger partial charge >= 0.3 is 5.97 Å². The van der Waals surface area contributed by atoms with Crippen molar-refractivity contribution in [2.24, 2.45) is 17.8 Å². The van der Waals surface area contributed by atoms with E-state index < -0.39 is 102 Å². The minimum Gasteiger partial charge on any atom is -0.489 e. The molecule has 1 aromatic heterocycles. The monoisotopic (exact) mass is 993 g/mol. The molecule has 4 heterocycles. The number of cyclic esters (lactones) is 1. The van der Waals surface area contributed by atoms with Gasteiger partial charge in [0.05, 0.1) is 41.5 Å². The summed E-state index contributed by atoms with van der Waals surface area (Å²) >= 11 is 0. The minimum absolute atomic E-state index is 0.0317. The molecule has 70 heavy (non-hydrogen) atoms. The van der Waals surface area contributed by atoms with Gasteiger partial charge in [-0.25, -0.2) is 0 Å². The van der Waals surface area contributed by atoms with Gasteiger partial charge in [0.15, 0.2) is 24.6 Å². The molecule has 0 radical (unpaired) electrons. The molecule has 0 amide bonds. The number of ketones is 1. The number of Topliss-reactive ketones (excluding diaryl/α,β-unsaturated/α-hetero) is 1. The lowest BCUT2D eigenvalue weighted by Gasteiger charge is -2.49. The van der Waals surface area contributed by atoms with E-state index in [2.05, 4.69) is 15.2 Å².